The summed E-state index contributed by atoms with van der Waals surface area (Å²) in [6.07, 6.45) is 6.80. The van der Waals surface area contributed by atoms with Crippen molar-refractivity contribution < 1.29 is 0 Å². The first kappa shape index (κ1) is 13.4. The Hall–Kier alpha value is -0.0800. The minimum Gasteiger partial charge on any atom is -0.329 e. The van der Waals surface area contributed by atoms with Gasteiger partial charge in [0.25, 0.3) is 0 Å². The van der Waals surface area contributed by atoms with Gasteiger partial charge in [-0.1, -0.05) is 33.6 Å². The molecule has 17 heavy (non-hydrogen) atoms. The molecule has 4 atom stereocenters. The zero-order chi connectivity index (χ0) is 12.5. The number of nitrogens with zero attached hydrogens (tertiary/aromatic N) is 1. The summed E-state index contributed by atoms with van der Waals surface area (Å²) in [5.41, 5.74) is 6.52. The number of likely N-dealkylation sites (tertiary alicyclic amines) is 1. The molecule has 0 radical (unpaired) electrons. The average Bonchev–Trinajstić information content (AvgIpc) is 2.53. The van der Waals surface area contributed by atoms with Gasteiger partial charge >= 0.3 is 0 Å². The van der Waals surface area contributed by atoms with E-state index in [-0.39, 0.29) is 0 Å². The van der Waals surface area contributed by atoms with E-state index in [0.717, 1.165) is 24.3 Å². The van der Waals surface area contributed by atoms with E-state index in [2.05, 4.69) is 25.7 Å². The maximum absolute atomic E-state index is 6.18. The molecule has 1 aliphatic carbocycles. The Morgan fingerprint density at radius 3 is 2.29 bits per heavy atom. The molecule has 1 saturated heterocycles. The van der Waals surface area contributed by atoms with Crippen molar-refractivity contribution in [3.63, 3.8) is 0 Å². The maximum Gasteiger partial charge on any atom is 0.0332 e. The molecule has 2 fully saturated rings. The SMILES string of the molecule is CC1CCCC(CN)(N2CC(C)C(C)C2)CC1. The van der Waals surface area contributed by atoms with E-state index >= 15 is 0 Å². The second-order valence-electron chi connectivity index (χ2n) is 6.82. The predicted molar refractivity (Wildman–Crippen MR) is 73.9 cm³/mol. The Bertz CT molecular complexity index is 243. The third-order valence-corrected chi connectivity index (χ3v) is 5.48. The Morgan fingerprint density at radius 1 is 1.06 bits per heavy atom. The van der Waals surface area contributed by atoms with Gasteiger partial charge in [-0.15, -0.1) is 0 Å². The summed E-state index contributed by atoms with van der Waals surface area (Å²) >= 11 is 0. The lowest BCUT2D eigenvalue weighted by Gasteiger charge is -2.41. The van der Waals surface area contributed by atoms with Crippen LogP contribution in [0.3, 0.4) is 0 Å². The smallest absolute Gasteiger partial charge is 0.0332 e. The summed E-state index contributed by atoms with van der Waals surface area (Å²) in [7, 11) is 0. The Labute approximate surface area is 107 Å². The van der Waals surface area contributed by atoms with Gasteiger partial charge in [-0.3, -0.25) is 4.90 Å². The van der Waals surface area contributed by atoms with Gasteiger partial charge in [-0.25, -0.2) is 0 Å². The molecule has 0 amide bonds. The van der Waals surface area contributed by atoms with Crippen LogP contribution in [0.1, 0.15) is 52.9 Å². The summed E-state index contributed by atoms with van der Waals surface area (Å²) in [5.74, 6) is 2.60. The van der Waals surface area contributed by atoms with Crippen LogP contribution < -0.4 is 5.73 Å². The normalized spacial score (nSPS) is 44.8. The van der Waals surface area contributed by atoms with Crippen molar-refractivity contribution in [1.82, 2.24) is 4.90 Å². The highest BCUT2D eigenvalue weighted by atomic mass is 15.2. The van der Waals surface area contributed by atoms with Crippen molar-refractivity contribution >= 4 is 0 Å². The van der Waals surface area contributed by atoms with Gasteiger partial charge < -0.3 is 5.73 Å². The van der Waals surface area contributed by atoms with Crippen LogP contribution >= 0.6 is 0 Å². The lowest BCUT2D eigenvalue weighted by molar-refractivity contribution is 0.0983. The van der Waals surface area contributed by atoms with Gasteiger partial charge in [-0.2, -0.15) is 0 Å². The molecular weight excluding hydrogens is 208 g/mol. The van der Waals surface area contributed by atoms with Crippen molar-refractivity contribution in [1.29, 1.82) is 0 Å². The summed E-state index contributed by atoms with van der Waals surface area (Å²) < 4.78 is 0. The number of hydrogen-bond donors (Lipinski definition) is 1. The maximum atomic E-state index is 6.18. The van der Waals surface area contributed by atoms with Gasteiger partial charge in [-0.05, 0) is 37.0 Å². The standard InChI is InChI=1S/C15H30N2/c1-12-5-4-7-15(11-16,8-6-12)17-9-13(2)14(3)10-17/h12-14H,4-11,16H2,1-3H3. The van der Waals surface area contributed by atoms with Crippen LogP contribution in [0.5, 0.6) is 0 Å². The average molecular weight is 238 g/mol. The summed E-state index contributed by atoms with van der Waals surface area (Å²) in [6, 6.07) is 0. The number of hydrogen-bond acceptors (Lipinski definition) is 2. The zero-order valence-electron chi connectivity index (χ0n) is 11.9. The quantitative estimate of drug-likeness (QED) is 0.750. The molecule has 1 aliphatic heterocycles. The van der Waals surface area contributed by atoms with E-state index in [1.54, 1.807) is 0 Å². The largest absolute Gasteiger partial charge is 0.329 e. The van der Waals surface area contributed by atoms with E-state index in [9.17, 15) is 0 Å². The van der Waals surface area contributed by atoms with Gasteiger partial charge in [0.05, 0.1) is 0 Å². The highest BCUT2D eigenvalue weighted by Crippen LogP contribution is 2.38. The van der Waals surface area contributed by atoms with E-state index in [0.29, 0.717) is 5.54 Å². The van der Waals surface area contributed by atoms with Crippen molar-refractivity contribution in [3.8, 4) is 0 Å². The van der Waals surface area contributed by atoms with E-state index in [1.807, 2.05) is 0 Å². The van der Waals surface area contributed by atoms with Crippen LogP contribution in [0.25, 0.3) is 0 Å². The molecule has 2 rings (SSSR count). The minimum atomic E-state index is 0.337. The number of nitrogens with two attached hydrogens (primary N) is 1. The van der Waals surface area contributed by atoms with Crippen molar-refractivity contribution in [2.75, 3.05) is 19.6 Å². The van der Waals surface area contributed by atoms with E-state index in [1.165, 1.54) is 45.2 Å². The second-order valence-corrected chi connectivity index (χ2v) is 6.82. The molecule has 0 aromatic rings. The lowest BCUT2D eigenvalue weighted by atomic mass is 9.88. The fourth-order valence-electron chi connectivity index (χ4n) is 3.73. The molecular formula is C15H30N2. The molecule has 0 aromatic heterocycles. The summed E-state index contributed by atoms with van der Waals surface area (Å²) in [4.78, 5) is 2.74. The molecule has 2 nitrogen and oxygen atoms in total. The monoisotopic (exact) mass is 238 g/mol. The first-order chi connectivity index (χ1) is 8.07. The van der Waals surface area contributed by atoms with Crippen molar-refractivity contribution in [3.05, 3.63) is 0 Å². The molecule has 2 aliphatic rings. The minimum absolute atomic E-state index is 0.337. The first-order valence-electron chi connectivity index (χ1n) is 7.52. The molecule has 4 unspecified atom stereocenters. The summed E-state index contributed by atoms with van der Waals surface area (Å²) in [6.45, 7) is 10.6. The van der Waals surface area contributed by atoms with Crippen LogP contribution in [0, 0.1) is 17.8 Å². The molecule has 0 bridgehead atoms. The van der Waals surface area contributed by atoms with Crippen LogP contribution in [0.2, 0.25) is 0 Å². The molecule has 2 heteroatoms. The molecule has 2 N–H and O–H groups in total. The lowest BCUT2D eigenvalue weighted by Crippen LogP contribution is -2.52. The van der Waals surface area contributed by atoms with E-state index in [4.69, 9.17) is 5.73 Å². The van der Waals surface area contributed by atoms with Gasteiger partial charge in [0, 0.05) is 25.2 Å². The Balaban J connectivity index is 2.08. The number of rotatable bonds is 2. The fourth-order valence-corrected chi connectivity index (χ4v) is 3.73. The van der Waals surface area contributed by atoms with Crippen molar-refractivity contribution in [2.45, 2.75) is 58.4 Å². The van der Waals surface area contributed by atoms with Crippen molar-refractivity contribution in [2.24, 2.45) is 23.5 Å². The third kappa shape index (κ3) is 2.68. The molecule has 1 saturated carbocycles. The Morgan fingerprint density at radius 2 is 1.71 bits per heavy atom. The second kappa shape index (κ2) is 5.27. The topological polar surface area (TPSA) is 29.3 Å². The van der Waals surface area contributed by atoms with Crippen LogP contribution in [-0.4, -0.2) is 30.1 Å². The fraction of sp³-hybridized carbons (Fsp3) is 1.00. The van der Waals surface area contributed by atoms with Crippen LogP contribution in [-0.2, 0) is 0 Å². The molecule has 0 aromatic carbocycles. The predicted octanol–water partition coefficient (Wildman–Crippen LogP) is 2.87. The molecule has 0 spiro atoms. The first-order valence-corrected chi connectivity index (χ1v) is 7.52. The van der Waals surface area contributed by atoms with Crippen LogP contribution in [0.4, 0.5) is 0 Å². The van der Waals surface area contributed by atoms with E-state index < -0.39 is 0 Å². The Kier molecular flexibility index (Phi) is 4.14. The molecule has 100 valence electrons. The molecule has 1 heterocycles. The highest BCUT2D eigenvalue weighted by Gasteiger charge is 2.41. The zero-order valence-corrected chi connectivity index (χ0v) is 11.9. The van der Waals surface area contributed by atoms with Gasteiger partial charge in [0.2, 0.25) is 0 Å². The highest BCUT2D eigenvalue weighted by molar-refractivity contribution is 4.97. The third-order valence-electron chi connectivity index (χ3n) is 5.48. The summed E-state index contributed by atoms with van der Waals surface area (Å²) in [5, 5.41) is 0. The van der Waals surface area contributed by atoms with Gasteiger partial charge in [0.1, 0.15) is 0 Å². The van der Waals surface area contributed by atoms with Gasteiger partial charge in [0.15, 0.2) is 0 Å². The van der Waals surface area contributed by atoms with Crippen LogP contribution in [0.15, 0.2) is 0 Å².